The molecule has 1 aromatic heterocycles. The van der Waals surface area contributed by atoms with E-state index in [1.165, 1.54) is 17.3 Å². The molecule has 1 amide bonds. The monoisotopic (exact) mass is 342 g/mol. The highest BCUT2D eigenvalue weighted by Crippen LogP contribution is 2.21. The van der Waals surface area contributed by atoms with Gasteiger partial charge in [-0.3, -0.25) is 24.6 Å². The number of aromatic nitrogens is 2. The van der Waals surface area contributed by atoms with Crippen molar-refractivity contribution < 1.29 is 4.79 Å². The van der Waals surface area contributed by atoms with Crippen LogP contribution in [0.15, 0.2) is 39.9 Å². The molecule has 25 heavy (non-hydrogen) atoms. The minimum atomic E-state index is -0.427. The number of benzene rings is 1. The van der Waals surface area contributed by atoms with E-state index >= 15 is 0 Å². The topological polar surface area (TPSA) is 89.3 Å². The number of H-pyrrole nitrogens is 2. The van der Waals surface area contributed by atoms with Gasteiger partial charge in [0, 0.05) is 43.5 Å². The Hall–Kier alpha value is -2.83. The third kappa shape index (κ3) is 3.99. The molecule has 132 valence electrons. The van der Waals surface area contributed by atoms with Crippen molar-refractivity contribution in [1.29, 1.82) is 0 Å². The van der Waals surface area contributed by atoms with Gasteiger partial charge in [0.05, 0.1) is 6.42 Å². The zero-order chi connectivity index (χ0) is 17.8. The van der Waals surface area contributed by atoms with Crippen molar-refractivity contribution in [2.24, 2.45) is 0 Å². The summed E-state index contributed by atoms with van der Waals surface area (Å²) in [5.41, 5.74) is 1.78. The maximum Gasteiger partial charge on any atom is 0.266 e. The van der Waals surface area contributed by atoms with Crippen molar-refractivity contribution in [1.82, 2.24) is 15.1 Å². The standard InChI is InChI=1S/C18H22N4O3/c1-13-5-2-3-6-15(13)21-7-4-8-22(10-9-21)17(24)12-14-11-16(23)19-20-18(14)25/h2-3,5-6,11H,4,7-10,12H2,1H3,(H,19,23)(H,20,25). The fraction of sp³-hybridized carbons (Fsp3) is 0.389. The predicted molar refractivity (Wildman–Crippen MR) is 96.0 cm³/mol. The first-order valence-corrected chi connectivity index (χ1v) is 8.44. The van der Waals surface area contributed by atoms with Gasteiger partial charge in [0.2, 0.25) is 5.91 Å². The molecule has 1 aromatic carbocycles. The molecule has 0 spiro atoms. The van der Waals surface area contributed by atoms with Gasteiger partial charge in [-0.1, -0.05) is 18.2 Å². The van der Waals surface area contributed by atoms with Crippen LogP contribution in [0.1, 0.15) is 17.5 Å². The molecule has 0 saturated carbocycles. The minimum absolute atomic E-state index is 0.0520. The molecule has 1 fully saturated rings. The first kappa shape index (κ1) is 17.0. The molecule has 0 aliphatic carbocycles. The molecule has 1 aliphatic rings. The second-order valence-corrected chi connectivity index (χ2v) is 6.30. The number of aryl methyl sites for hydroxylation is 1. The van der Waals surface area contributed by atoms with Crippen LogP contribution in [0.5, 0.6) is 0 Å². The van der Waals surface area contributed by atoms with E-state index in [1.54, 1.807) is 4.90 Å². The van der Waals surface area contributed by atoms with Crippen LogP contribution >= 0.6 is 0 Å². The quantitative estimate of drug-likeness (QED) is 0.857. The Bertz CT molecular complexity index is 871. The molecule has 0 unspecified atom stereocenters. The van der Waals surface area contributed by atoms with Crippen LogP contribution in [0.3, 0.4) is 0 Å². The lowest BCUT2D eigenvalue weighted by Gasteiger charge is -2.25. The van der Waals surface area contributed by atoms with Gasteiger partial charge in [0.15, 0.2) is 0 Å². The normalized spacial score (nSPS) is 15.1. The lowest BCUT2D eigenvalue weighted by Crippen LogP contribution is -2.37. The van der Waals surface area contributed by atoms with E-state index in [0.29, 0.717) is 13.1 Å². The number of nitrogens with one attached hydrogen (secondary N) is 2. The highest BCUT2D eigenvalue weighted by molar-refractivity contribution is 5.78. The van der Waals surface area contributed by atoms with Crippen LogP contribution in [-0.4, -0.2) is 47.2 Å². The summed E-state index contributed by atoms with van der Waals surface area (Å²) < 4.78 is 0. The number of carbonyl (C=O) groups is 1. The number of hydrogen-bond acceptors (Lipinski definition) is 4. The van der Waals surface area contributed by atoms with E-state index in [4.69, 9.17) is 0 Å². The van der Waals surface area contributed by atoms with Gasteiger partial charge in [0.1, 0.15) is 0 Å². The second-order valence-electron chi connectivity index (χ2n) is 6.30. The van der Waals surface area contributed by atoms with Gasteiger partial charge < -0.3 is 9.80 Å². The van der Waals surface area contributed by atoms with Crippen molar-refractivity contribution in [3.05, 3.63) is 62.2 Å². The van der Waals surface area contributed by atoms with Crippen LogP contribution in [0.4, 0.5) is 5.69 Å². The molecule has 2 N–H and O–H groups in total. The fourth-order valence-corrected chi connectivity index (χ4v) is 3.19. The first-order chi connectivity index (χ1) is 12.0. The third-order valence-electron chi connectivity index (χ3n) is 4.54. The molecule has 0 bridgehead atoms. The Morgan fingerprint density at radius 2 is 1.88 bits per heavy atom. The van der Waals surface area contributed by atoms with Gasteiger partial charge in [-0.2, -0.15) is 0 Å². The first-order valence-electron chi connectivity index (χ1n) is 8.44. The number of aromatic amines is 2. The minimum Gasteiger partial charge on any atom is -0.369 e. The van der Waals surface area contributed by atoms with Crippen molar-refractivity contribution in [2.75, 3.05) is 31.1 Å². The molecule has 1 saturated heterocycles. The summed E-state index contributed by atoms with van der Waals surface area (Å²) in [5, 5.41) is 4.46. The van der Waals surface area contributed by atoms with Crippen molar-refractivity contribution in [3.8, 4) is 0 Å². The van der Waals surface area contributed by atoms with Gasteiger partial charge in [-0.25, -0.2) is 0 Å². The molecule has 0 radical (unpaired) electrons. The predicted octanol–water partition coefficient (Wildman–Crippen LogP) is 0.653. The highest BCUT2D eigenvalue weighted by atomic mass is 16.2. The summed E-state index contributed by atoms with van der Waals surface area (Å²) in [6.45, 7) is 4.99. The number of para-hydroxylation sites is 1. The summed E-state index contributed by atoms with van der Waals surface area (Å²) in [4.78, 5) is 39.7. The Labute approximate surface area is 145 Å². The summed E-state index contributed by atoms with van der Waals surface area (Å²) in [7, 11) is 0. The van der Waals surface area contributed by atoms with Crippen LogP contribution in [0.2, 0.25) is 0 Å². The average molecular weight is 342 g/mol. The summed E-state index contributed by atoms with van der Waals surface area (Å²) >= 11 is 0. The smallest absolute Gasteiger partial charge is 0.266 e. The number of carbonyl (C=O) groups excluding carboxylic acids is 1. The Kier molecular flexibility index (Phi) is 5.02. The zero-order valence-corrected chi connectivity index (χ0v) is 14.2. The molecule has 0 atom stereocenters. The maximum absolute atomic E-state index is 12.5. The van der Waals surface area contributed by atoms with E-state index in [1.807, 2.05) is 12.1 Å². The Morgan fingerprint density at radius 1 is 1.08 bits per heavy atom. The van der Waals surface area contributed by atoms with Crippen LogP contribution in [-0.2, 0) is 11.2 Å². The van der Waals surface area contributed by atoms with E-state index in [9.17, 15) is 14.4 Å². The molecule has 3 rings (SSSR count). The van der Waals surface area contributed by atoms with Gasteiger partial charge in [-0.05, 0) is 25.0 Å². The number of hydrogen-bond donors (Lipinski definition) is 2. The van der Waals surface area contributed by atoms with Gasteiger partial charge >= 0.3 is 0 Å². The molecule has 1 aliphatic heterocycles. The van der Waals surface area contributed by atoms with Crippen molar-refractivity contribution in [3.63, 3.8) is 0 Å². The molecule has 2 aromatic rings. The van der Waals surface area contributed by atoms with E-state index in [2.05, 4.69) is 34.2 Å². The van der Waals surface area contributed by atoms with Crippen LogP contribution in [0.25, 0.3) is 0 Å². The summed E-state index contributed by atoms with van der Waals surface area (Å²) in [5.74, 6) is -0.122. The van der Waals surface area contributed by atoms with Crippen LogP contribution < -0.4 is 16.0 Å². The van der Waals surface area contributed by atoms with Crippen molar-refractivity contribution in [2.45, 2.75) is 19.8 Å². The van der Waals surface area contributed by atoms with Gasteiger partial charge in [0.25, 0.3) is 11.1 Å². The molecule has 7 heteroatoms. The maximum atomic E-state index is 12.5. The molecular formula is C18H22N4O3. The lowest BCUT2D eigenvalue weighted by atomic mass is 10.2. The second kappa shape index (κ2) is 7.38. The molecule has 7 nitrogen and oxygen atoms in total. The molecular weight excluding hydrogens is 320 g/mol. The Morgan fingerprint density at radius 3 is 2.68 bits per heavy atom. The fourth-order valence-electron chi connectivity index (χ4n) is 3.19. The van der Waals surface area contributed by atoms with Crippen LogP contribution in [0, 0.1) is 6.92 Å². The number of amides is 1. The van der Waals surface area contributed by atoms with Gasteiger partial charge in [-0.15, -0.1) is 0 Å². The van der Waals surface area contributed by atoms with Crippen molar-refractivity contribution >= 4 is 11.6 Å². The lowest BCUT2D eigenvalue weighted by molar-refractivity contribution is -0.130. The number of rotatable bonds is 3. The zero-order valence-electron chi connectivity index (χ0n) is 14.2. The SMILES string of the molecule is Cc1ccccc1N1CCCN(C(=O)Cc2cc(=O)[nH][nH]c2=O)CC1. The number of anilines is 1. The molecule has 2 heterocycles. The highest BCUT2D eigenvalue weighted by Gasteiger charge is 2.21. The Balaban J connectivity index is 1.67. The largest absolute Gasteiger partial charge is 0.369 e. The van der Waals surface area contributed by atoms with E-state index in [0.717, 1.165) is 19.5 Å². The number of nitrogens with zero attached hydrogens (tertiary/aromatic N) is 2. The summed E-state index contributed by atoms with van der Waals surface area (Å²) in [6.07, 6.45) is 0.815. The van der Waals surface area contributed by atoms with E-state index < -0.39 is 11.1 Å². The average Bonchev–Trinajstić information content (AvgIpc) is 2.85. The summed E-state index contributed by atoms with van der Waals surface area (Å²) in [6, 6.07) is 9.42. The third-order valence-corrected chi connectivity index (χ3v) is 4.54. The van der Waals surface area contributed by atoms with E-state index in [-0.39, 0.29) is 17.9 Å².